The quantitative estimate of drug-likeness (QED) is 0.305. The van der Waals surface area contributed by atoms with Crippen molar-refractivity contribution in [1.29, 1.82) is 0 Å². The fraction of sp³-hybridized carbons (Fsp3) is 0.312. The van der Waals surface area contributed by atoms with Crippen LogP contribution in [0.2, 0.25) is 0 Å². The summed E-state index contributed by atoms with van der Waals surface area (Å²) in [6, 6.07) is 23.9. The summed E-state index contributed by atoms with van der Waals surface area (Å²) in [5, 5.41) is 13.8. The van der Waals surface area contributed by atoms with Crippen LogP contribution in [0.4, 0.5) is 5.69 Å². The summed E-state index contributed by atoms with van der Waals surface area (Å²) in [5.41, 5.74) is 6.20. The molecule has 0 bridgehead atoms. The number of anilines is 1. The monoisotopic (exact) mass is 549 g/mol. The number of ether oxygens (including phenoxy) is 1. The number of nitrogens with one attached hydrogen (secondary N) is 1. The molecule has 0 radical (unpaired) electrons. The molecule has 5 aromatic rings. The molecule has 2 aromatic heterocycles. The highest BCUT2D eigenvalue weighted by Crippen LogP contribution is 2.31. The van der Waals surface area contributed by atoms with Crippen molar-refractivity contribution >= 4 is 16.6 Å². The first-order valence-electron chi connectivity index (χ1n) is 14.2. The predicted molar refractivity (Wildman–Crippen MR) is 161 cm³/mol. The van der Waals surface area contributed by atoms with E-state index in [0.29, 0.717) is 24.5 Å². The van der Waals surface area contributed by atoms with Crippen LogP contribution in [0.3, 0.4) is 0 Å². The highest BCUT2D eigenvalue weighted by Gasteiger charge is 2.33. The maximum Gasteiger partial charge on any atom is 0.253 e. The third-order valence-corrected chi connectivity index (χ3v) is 8.03. The second-order valence-corrected chi connectivity index (χ2v) is 10.6. The maximum atomic E-state index is 13.7. The van der Waals surface area contributed by atoms with Crippen molar-refractivity contribution in [3.8, 4) is 5.75 Å². The summed E-state index contributed by atoms with van der Waals surface area (Å²) < 4.78 is 7.56. The minimum atomic E-state index is -0.418. The van der Waals surface area contributed by atoms with E-state index >= 15 is 0 Å². The Morgan fingerprint density at radius 1 is 0.951 bits per heavy atom. The van der Waals surface area contributed by atoms with E-state index in [2.05, 4.69) is 74.5 Å². The Morgan fingerprint density at radius 3 is 2.54 bits per heavy atom. The lowest BCUT2D eigenvalue weighted by atomic mass is 10.0. The van der Waals surface area contributed by atoms with E-state index in [4.69, 9.17) is 4.74 Å². The first kappa shape index (κ1) is 26.7. The van der Waals surface area contributed by atoms with Gasteiger partial charge in [0.15, 0.2) is 5.82 Å². The Kier molecular flexibility index (Phi) is 7.52. The van der Waals surface area contributed by atoms with Crippen LogP contribution in [0.25, 0.3) is 10.9 Å². The smallest absolute Gasteiger partial charge is 0.253 e. The van der Waals surface area contributed by atoms with Gasteiger partial charge in [0.2, 0.25) is 0 Å². The number of nitrogens with zero attached hydrogens (tertiary/aromatic N) is 6. The number of aryl methyl sites for hydroxylation is 1. The fourth-order valence-corrected chi connectivity index (χ4v) is 5.74. The number of hydrogen-bond donors (Lipinski definition) is 1. The zero-order chi connectivity index (χ0) is 28.3. The van der Waals surface area contributed by atoms with E-state index in [1.165, 1.54) is 16.8 Å². The molecule has 41 heavy (non-hydrogen) atoms. The van der Waals surface area contributed by atoms with Crippen LogP contribution in [-0.4, -0.2) is 62.9 Å². The van der Waals surface area contributed by atoms with Crippen molar-refractivity contribution < 1.29 is 4.74 Å². The van der Waals surface area contributed by atoms with Crippen molar-refractivity contribution in [2.75, 3.05) is 37.7 Å². The molecule has 1 N–H and O–H groups in total. The number of benzene rings is 3. The number of H-pyrrole nitrogens is 1. The minimum absolute atomic E-state index is 0.141. The largest absolute Gasteiger partial charge is 0.494 e. The highest BCUT2D eigenvalue weighted by atomic mass is 16.5. The van der Waals surface area contributed by atoms with E-state index < -0.39 is 6.04 Å². The summed E-state index contributed by atoms with van der Waals surface area (Å²) >= 11 is 0. The molecule has 0 unspecified atom stereocenters. The molecule has 3 heterocycles. The number of fused-ring (bicyclic) bond motifs is 1. The van der Waals surface area contributed by atoms with Crippen LogP contribution < -0.4 is 15.2 Å². The van der Waals surface area contributed by atoms with Gasteiger partial charge in [-0.25, -0.2) is 4.68 Å². The van der Waals surface area contributed by atoms with E-state index in [1.54, 1.807) is 0 Å². The van der Waals surface area contributed by atoms with Crippen molar-refractivity contribution in [2.45, 2.75) is 33.4 Å². The molecule has 1 atom stereocenters. The molecule has 210 valence electrons. The lowest BCUT2D eigenvalue weighted by Gasteiger charge is -2.40. The van der Waals surface area contributed by atoms with Crippen molar-refractivity contribution in [3.05, 3.63) is 111 Å². The minimum Gasteiger partial charge on any atom is -0.494 e. The molecule has 6 rings (SSSR count). The normalized spacial score (nSPS) is 14.9. The molecule has 9 nitrogen and oxygen atoms in total. The lowest BCUT2D eigenvalue weighted by Crippen LogP contribution is -2.49. The Morgan fingerprint density at radius 2 is 1.76 bits per heavy atom. The van der Waals surface area contributed by atoms with Crippen LogP contribution in [0.5, 0.6) is 5.75 Å². The average molecular weight is 550 g/mol. The van der Waals surface area contributed by atoms with E-state index in [9.17, 15) is 4.79 Å². The van der Waals surface area contributed by atoms with Crippen LogP contribution in [0.1, 0.15) is 41.0 Å². The van der Waals surface area contributed by atoms with Gasteiger partial charge in [-0.3, -0.25) is 9.69 Å². The zero-order valence-electron chi connectivity index (χ0n) is 23.7. The summed E-state index contributed by atoms with van der Waals surface area (Å²) in [6.45, 7) is 10.6. The molecular formula is C32H35N7O2. The number of tetrazole rings is 1. The molecule has 0 aliphatic carbocycles. The van der Waals surface area contributed by atoms with Gasteiger partial charge in [0.25, 0.3) is 5.56 Å². The molecule has 0 saturated carbocycles. The van der Waals surface area contributed by atoms with Gasteiger partial charge >= 0.3 is 0 Å². The van der Waals surface area contributed by atoms with Gasteiger partial charge in [-0.15, -0.1) is 5.10 Å². The van der Waals surface area contributed by atoms with Crippen LogP contribution in [-0.2, 0) is 6.54 Å². The molecule has 9 heteroatoms. The molecular weight excluding hydrogens is 514 g/mol. The SMILES string of the molecule is CCOc1ccc2[nH]c(=O)c([C@H](c3nnnn3Cc3ccccc3)N3CCN(c4cccc(C)c4C)CC3)cc2c1. The van der Waals surface area contributed by atoms with Gasteiger partial charge in [0, 0.05) is 48.3 Å². The molecule has 0 amide bonds. The summed E-state index contributed by atoms with van der Waals surface area (Å²) in [6.07, 6.45) is 0. The lowest BCUT2D eigenvalue weighted by molar-refractivity contribution is 0.200. The first-order valence-corrected chi connectivity index (χ1v) is 14.2. The first-order chi connectivity index (χ1) is 20.0. The van der Waals surface area contributed by atoms with E-state index in [-0.39, 0.29) is 5.56 Å². The zero-order valence-corrected chi connectivity index (χ0v) is 23.7. The van der Waals surface area contributed by atoms with Gasteiger partial charge in [-0.05, 0) is 78.2 Å². The molecule has 3 aromatic carbocycles. The second kappa shape index (κ2) is 11.5. The van der Waals surface area contributed by atoms with Crippen LogP contribution in [0.15, 0.2) is 77.6 Å². The third-order valence-electron chi connectivity index (χ3n) is 8.03. The van der Waals surface area contributed by atoms with Gasteiger partial charge in [0.05, 0.1) is 13.2 Å². The Bertz CT molecular complexity index is 1700. The molecule has 1 aliphatic heterocycles. The summed E-state index contributed by atoms with van der Waals surface area (Å²) in [4.78, 5) is 21.5. The number of pyridine rings is 1. The number of rotatable bonds is 8. The van der Waals surface area contributed by atoms with Crippen molar-refractivity contribution in [3.63, 3.8) is 0 Å². The second-order valence-electron chi connectivity index (χ2n) is 10.6. The average Bonchev–Trinajstić information content (AvgIpc) is 3.43. The third kappa shape index (κ3) is 5.45. The van der Waals surface area contributed by atoms with Crippen LogP contribution >= 0.6 is 0 Å². The Labute approximate surface area is 239 Å². The van der Waals surface area contributed by atoms with Crippen LogP contribution in [0, 0.1) is 13.8 Å². The highest BCUT2D eigenvalue weighted by molar-refractivity contribution is 5.80. The summed E-state index contributed by atoms with van der Waals surface area (Å²) in [7, 11) is 0. The topological polar surface area (TPSA) is 92.2 Å². The van der Waals surface area contributed by atoms with Gasteiger partial charge < -0.3 is 14.6 Å². The van der Waals surface area contributed by atoms with Gasteiger partial charge in [0.1, 0.15) is 11.8 Å². The standard InChI is InChI=1S/C32H35N7O2/c1-4-41-26-13-14-28-25(19-26)20-27(32(40)33-28)30(31-34-35-36-39(31)21-24-10-6-5-7-11-24)38-17-15-37(16-18-38)29-12-8-9-22(2)23(29)3/h5-14,19-20,30H,4,15-18,21H2,1-3H3,(H,33,40)/t30-/m1/s1. The van der Waals surface area contributed by atoms with Crippen molar-refractivity contribution in [1.82, 2.24) is 30.1 Å². The Hall–Kier alpha value is -4.50. The molecule has 0 spiro atoms. The molecule has 1 aliphatic rings. The number of hydrogen-bond acceptors (Lipinski definition) is 7. The summed E-state index contributed by atoms with van der Waals surface area (Å²) in [5.74, 6) is 1.42. The molecule has 1 saturated heterocycles. The van der Waals surface area contributed by atoms with E-state index in [0.717, 1.165) is 48.4 Å². The van der Waals surface area contributed by atoms with Crippen molar-refractivity contribution in [2.24, 2.45) is 0 Å². The maximum absolute atomic E-state index is 13.7. The fourth-order valence-electron chi connectivity index (χ4n) is 5.74. The van der Waals surface area contributed by atoms with Gasteiger partial charge in [-0.2, -0.15) is 0 Å². The Balaban J connectivity index is 1.39. The van der Waals surface area contributed by atoms with E-state index in [1.807, 2.05) is 54.1 Å². The number of piperazine rings is 1. The number of aromatic nitrogens is 5. The predicted octanol–water partition coefficient (Wildman–Crippen LogP) is 4.49. The number of aromatic amines is 1. The molecule has 1 fully saturated rings. The van der Waals surface area contributed by atoms with Gasteiger partial charge in [-0.1, -0.05) is 42.5 Å².